The van der Waals surface area contributed by atoms with Crippen molar-refractivity contribution in [2.75, 3.05) is 6.54 Å². The number of amides is 1. The van der Waals surface area contributed by atoms with Gasteiger partial charge in [0.15, 0.2) is 0 Å². The fraction of sp³-hybridized carbons (Fsp3) is 0.286. The minimum Gasteiger partial charge on any atom is -0.312 e. The van der Waals surface area contributed by atoms with Crippen molar-refractivity contribution < 1.29 is 4.79 Å². The highest BCUT2D eigenvalue weighted by molar-refractivity contribution is 14.1. The summed E-state index contributed by atoms with van der Waals surface area (Å²) in [6.45, 7) is 2.65. The number of hydrogen-bond donors (Lipinski definition) is 0. The second kappa shape index (κ2) is 5.53. The lowest BCUT2D eigenvalue weighted by Crippen LogP contribution is -2.37. The van der Waals surface area contributed by atoms with Crippen LogP contribution < -0.4 is 0 Å². The molecule has 1 aromatic carbocycles. The number of nitriles is 1. The topological polar surface area (TPSA) is 44.1 Å². The number of benzene rings is 1. The Labute approximate surface area is 120 Å². The van der Waals surface area contributed by atoms with Crippen LogP contribution in [0.2, 0.25) is 0 Å². The van der Waals surface area contributed by atoms with Crippen molar-refractivity contribution in [3.8, 4) is 6.07 Å². The van der Waals surface area contributed by atoms with E-state index in [1.54, 1.807) is 12.1 Å². The van der Waals surface area contributed by atoms with Crippen molar-refractivity contribution in [3.63, 3.8) is 0 Å². The third-order valence-corrected chi connectivity index (χ3v) is 4.01. The van der Waals surface area contributed by atoms with Crippen LogP contribution >= 0.6 is 22.6 Å². The summed E-state index contributed by atoms with van der Waals surface area (Å²) in [6, 6.07) is 9.46. The van der Waals surface area contributed by atoms with E-state index in [1.807, 2.05) is 24.0 Å². The Morgan fingerprint density at radius 2 is 2.11 bits per heavy atom. The summed E-state index contributed by atoms with van der Waals surface area (Å²) in [5.41, 5.74) is 2.59. The minimum atomic E-state index is 0.0321. The maximum Gasteiger partial charge on any atom is 0.240 e. The molecule has 1 atom stereocenters. The number of rotatable bonds is 2. The molecule has 1 aromatic rings. The largest absolute Gasteiger partial charge is 0.312 e. The highest BCUT2D eigenvalue weighted by Gasteiger charge is 2.27. The minimum absolute atomic E-state index is 0.0321. The summed E-state index contributed by atoms with van der Waals surface area (Å²) in [4.78, 5) is 13.9. The molecular formula is C14H13IN2O. The van der Waals surface area contributed by atoms with Gasteiger partial charge in [-0.25, -0.2) is 0 Å². The molecule has 1 aliphatic rings. The monoisotopic (exact) mass is 352 g/mol. The first-order valence-electron chi connectivity index (χ1n) is 5.83. The van der Waals surface area contributed by atoms with Crippen LogP contribution in [0.4, 0.5) is 0 Å². The molecular weight excluding hydrogens is 339 g/mol. The maximum atomic E-state index is 12.1. The van der Waals surface area contributed by atoms with Gasteiger partial charge in [-0.15, -0.1) is 0 Å². The van der Waals surface area contributed by atoms with Crippen LogP contribution in [0.1, 0.15) is 24.5 Å². The molecule has 0 bridgehead atoms. The standard InChI is InChI=1S/C14H13IN2O/c1-2-17-13(8-7-12(15)14(17)18)11-5-3-10(9-16)4-6-11/h3-6,8,12H,2,7H2,1H3. The second-order valence-electron chi connectivity index (χ2n) is 4.06. The molecule has 0 aromatic heterocycles. The van der Waals surface area contributed by atoms with E-state index in [-0.39, 0.29) is 9.83 Å². The molecule has 0 spiro atoms. The predicted octanol–water partition coefficient (Wildman–Crippen LogP) is 2.95. The quantitative estimate of drug-likeness (QED) is 0.607. The predicted molar refractivity (Wildman–Crippen MR) is 78.9 cm³/mol. The van der Waals surface area contributed by atoms with E-state index in [0.717, 1.165) is 17.7 Å². The third kappa shape index (κ3) is 2.41. The highest BCUT2D eigenvalue weighted by Crippen LogP contribution is 2.28. The summed E-state index contributed by atoms with van der Waals surface area (Å²) >= 11 is 2.18. The van der Waals surface area contributed by atoms with E-state index in [4.69, 9.17) is 5.26 Å². The lowest BCUT2D eigenvalue weighted by molar-refractivity contribution is -0.127. The van der Waals surface area contributed by atoms with Gasteiger partial charge < -0.3 is 4.90 Å². The number of hydrogen-bond acceptors (Lipinski definition) is 2. The van der Waals surface area contributed by atoms with Crippen molar-refractivity contribution in [2.24, 2.45) is 0 Å². The average molecular weight is 352 g/mol. The summed E-state index contributed by atoms with van der Waals surface area (Å²) < 4.78 is 0.0321. The molecule has 0 radical (unpaired) electrons. The molecule has 1 unspecified atom stereocenters. The molecule has 4 heteroatoms. The normalized spacial score (nSPS) is 19.4. The second-order valence-corrected chi connectivity index (χ2v) is 5.57. The van der Waals surface area contributed by atoms with Gasteiger partial charge in [-0.1, -0.05) is 40.8 Å². The zero-order valence-corrected chi connectivity index (χ0v) is 12.2. The molecule has 1 heterocycles. The van der Waals surface area contributed by atoms with E-state index in [9.17, 15) is 4.79 Å². The van der Waals surface area contributed by atoms with Crippen molar-refractivity contribution in [1.29, 1.82) is 5.26 Å². The highest BCUT2D eigenvalue weighted by atomic mass is 127. The summed E-state index contributed by atoms with van der Waals surface area (Å²) in [6.07, 6.45) is 2.87. The fourth-order valence-electron chi connectivity index (χ4n) is 2.03. The van der Waals surface area contributed by atoms with Crippen LogP contribution in [0, 0.1) is 11.3 Å². The molecule has 92 valence electrons. The Balaban J connectivity index is 2.36. The van der Waals surface area contributed by atoms with Crippen LogP contribution in [0.3, 0.4) is 0 Å². The van der Waals surface area contributed by atoms with Gasteiger partial charge >= 0.3 is 0 Å². The molecule has 1 aliphatic heterocycles. The Bertz CT molecular complexity index is 528. The van der Waals surface area contributed by atoms with Gasteiger partial charge in [0, 0.05) is 12.2 Å². The molecule has 18 heavy (non-hydrogen) atoms. The third-order valence-electron chi connectivity index (χ3n) is 2.97. The Hall–Kier alpha value is -1.35. The number of carbonyl (C=O) groups excluding carboxylic acids is 1. The Morgan fingerprint density at radius 1 is 1.44 bits per heavy atom. The molecule has 0 N–H and O–H groups in total. The first-order valence-corrected chi connectivity index (χ1v) is 7.08. The molecule has 2 rings (SSSR count). The first-order chi connectivity index (χ1) is 8.67. The zero-order valence-electron chi connectivity index (χ0n) is 10.1. The van der Waals surface area contributed by atoms with Gasteiger partial charge in [0.1, 0.15) is 0 Å². The van der Waals surface area contributed by atoms with E-state index >= 15 is 0 Å². The van der Waals surface area contributed by atoms with E-state index in [0.29, 0.717) is 12.1 Å². The molecule has 1 amide bonds. The molecule has 0 saturated heterocycles. The number of alkyl halides is 1. The van der Waals surface area contributed by atoms with Gasteiger partial charge in [-0.05, 0) is 31.0 Å². The number of allylic oxidation sites excluding steroid dienone is 1. The van der Waals surface area contributed by atoms with Gasteiger partial charge in [0.25, 0.3) is 0 Å². The number of nitrogens with zero attached hydrogens (tertiary/aromatic N) is 2. The van der Waals surface area contributed by atoms with Gasteiger partial charge in [0.05, 0.1) is 15.6 Å². The molecule has 0 fully saturated rings. The average Bonchev–Trinajstić information content (AvgIpc) is 2.42. The van der Waals surface area contributed by atoms with Crippen LogP contribution in [0.25, 0.3) is 5.70 Å². The van der Waals surface area contributed by atoms with Crippen molar-refractivity contribution in [3.05, 3.63) is 41.5 Å². The van der Waals surface area contributed by atoms with Crippen LogP contribution in [-0.4, -0.2) is 21.3 Å². The number of halogens is 1. The van der Waals surface area contributed by atoms with Crippen LogP contribution in [0.15, 0.2) is 30.3 Å². The first kappa shape index (κ1) is 13.1. The SMILES string of the molecule is CCN1C(=O)C(I)CC=C1c1ccc(C#N)cc1. The molecule has 3 nitrogen and oxygen atoms in total. The molecule has 0 saturated carbocycles. The Kier molecular flexibility index (Phi) is 4.02. The lowest BCUT2D eigenvalue weighted by Gasteiger charge is -2.30. The van der Waals surface area contributed by atoms with Gasteiger partial charge in [-0.2, -0.15) is 5.26 Å². The lowest BCUT2D eigenvalue weighted by atomic mass is 10.0. The van der Waals surface area contributed by atoms with Gasteiger partial charge in [0.2, 0.25) is 5.91 Å². The summed E-state index contributed by atoms with van der Waals surface area (Å²) in [5.74, 6) is 0.167. The number of carbonyl (C=O) groups is 1. The van der Waals surface area contributed by atoms with Crippen LogP contribution in [-0.2, 0) is 4.79 Å². The van der Waals surface area contributed by atoms with Crippen molar-refractivity contribution in [2.45, 2.75) is 17.3 Å². The zero-order chi connectivity index (χ0) is 13.1. The van der Waals surface area contributed by atoms with E-state index in [2.05, 4.69) is 34.7 Å². The van der Waals surface area contributed by atoms with Crippen molar-refractivity contribution >= 4 is 34.2 Å². The smallest absolute Gasteiger partial charge is 0.240 e. The van der Waals surface area contributed by atoms with Gasteiger partial charge in [-0.3, -0.25) is 4.79 Å². The Morgan fingerprint density at radius 3 is 2.67 bits per heavy atom. The summed E-state index contributed by atoms with van der Waals surface area (Å²) in [7, 11) is 0. The molecule has 0 aliphatic carbocycles. The fourth-order valence-corrected chi connectivity index (χ4v) is 2.62. The summed E-state index contributed by atoms with van der Waals surface area (Å²) in [5, 5.41) is 8.78. The van der Waals surface area contributed by atoms with E-state index < -0.39 is 0 Å². The van der Waals surface area contributed by atoms with Crippen molar-refractivity contribution in [1.82, 2.24) is 4.90 Å². The van der Waals surface area contributed by atoms with Crippen LogP contribution in [0.5, 0.6) is 0 Å². The maximum absolute atomic E-state index is 12.1. The van der Waals surface area contributed by atoms with E-state index in [1.165, 1.54) is 0 Å².